The highest BCUT2D eigenvalue weighted by Crippen LogP contribution is 2.24. The predicted molar refractivity (Wildman–Crippen MR) is 88.2 cm³/mol. The van der Waals surface area contributed by atoms with Crippen LogP contribution >= 0.6 is 23.2 Å². The molecule has 22 heavy (non-hydrogen) atoms. The molecule has 0 heterocycles. The Balaban J connectivity index is 1.80. The Morgan fingerprint density at radius 2 is 1.64 bits per heavy atom. The fraction of sp³-hybridized carbons (Fsp3) is 0.125. The topological polar surface area (TPSA) is 58.2 Å². The zero-order valence-electron chi connectivity index (χ0n) is 11.6. The van der Waals surface area contributed by atoms with Crippen LogP contribution < -0.4 is 10.6 Å². The van der Waals surface area contributed by atoms with Gasteiger partial charge in [-0.3, -0.25) is 9.59 Å². The molecule has 0 aliphatic heterocycles. The molecule has 0 unspecified atom stereocenters. The third-order valence-corrected chi connectivity index (χ3v) is 3.60. The molecule has 0 aliphatic carbocycles. The number of amides is 2. The van der Waals surface area contributed by atoms with Crippen molar-refractivity contribution in [3.05, 3.63) is 64.1 Å². The van der Waals surface area contributed by atoms with Gasteiger partial charge in [0.2, 0.25) is 11.8 Å². The molecule has 0 spiro atoms. The number of carbonyl (C=O) groups is 2. The van der Waals surface area contributed by atoms with Crippen molar-refractivity contribution in [2.75, 3.05) is 11.9 Å². The molecule has 114 valence electrons. The van der Waals surface area contributed by atoms with E-state index in [9.17, 15) is 9.59 Å². The Kier molecular flexibility index (Phi) is 5.81. The van der Waals surface area contributed by atoms with Crippen LogP contribution in [0.5, 0.6) is 0 Å². The molecule has 0 aromatic heterocycles. The minimum Gasteiger partial charge on any atom is -0.347 e. The van der Waals surface area contributed by atoms with Gasteiger partial charge in [-0.1, -0.05) is 53.5 Å². The molecule has 2 aromatic rings. The zero-order valence-corrected chi connectivity index (χ0v) is 13.1. The van der Waals surface area contributed by atoms with Crippen LogP contribution in [0.3, 0.4) is 0 Å². The summed E-state index contributed by atoms with van der Waals surface area (Å²) in [5.41, 5.74) is 1.42. The molecule has 0 aliphatic rings. The molecular weight excluding hydrogens is 323 g/mol. The van der Waals surface area contributed by atoms with Crippen molar-refractivity contribution in [2.24, 2.45) is 0 Å². The normalized spacial score (nSPS) is 10.1. The lowest BCUT2D eigenvalue weighted by Crippen LogP contribution is -2.33. The summed E-state index contributed by atoms with van der Waals surface area (Å²) in [5, 5.41) is 5.97. The molecule has 2 N–H and O–H groups in total. The Hall–Kier alpha value is -2.04. The van der Waals surface area contributed by atoms with Crippen LogP contribution in [0.15, 0.2) is 48.5 Å². The lowest BCUT2D eigenvalue weighted by atomic mass is 10.1. The van der Waals surface area contributed by atoms with Gasteiger partial charge in [-0.15, -0.1) is 0 Å². The minimum absolute atomic E-state index is 0.105. The van der Waals surface area contributed by atoms with E-state index in [0.29, 0.717) is 15.7 Å². The summed E-state index contributed by atoms with van der Waals surface area (Å²) < 4.78 is 0. The molecule has 6 heteroatoms. The first-order valence-corrected chi connectivity index (χ1v) is 7.36. The molecule has 2 rings (SSSR count). The summed E-state index contributed by atoms with van der Waals surface area (Å²) in [7, 11) is 0. The monoisotopic (exact) mass is 336 g/mol. The molecular formula is C16H14Cl2N2O2. The van der Waals surface area contributed by atoms with Crippen molar-refractivity contribution in [2.45, 2.75) is 6.42 Å². The third kappa shape index (κ3) is 5.06. The average Bonchev–Trinajstić information content (AvgIpc) is 2.50. The van der Waals surface area contributed by atoms with E-state index >= 15 is 0 Å². The number of hydrogen-bond donors (Lipinski definition) is 2. The van der Waals surface area contributed by atoms with Gasteiger partial charge in [-0.25, -0.2) is 0 Å². The summed E-state index contributed by atoms with van der Waals surface area (Å²) in [4.78, 5) is 23.5. The van der Waals surface area contributed by atoms with Crippen molar-refractivity contribution in [3.63, 3.8) is 0 Å². The van der Waals surface area contributed by atoms with E-state index in [1.54, 1.807) is 18.2 Å². The third-order valence-electron chi connectivity index (χ3n) is 2.86. The number of hydrogen-bond acceptors (Lipinski definition) is 2. The van der Waals surface area contributed by atoms with Gasteiger partial charge in [0.25, 0.3) is 0 Å². The van der Waals surface area contributed by atoms with Crippen molar-refractivity contribution in [3.8, 4) is 0 Å². The number of anilines is 1. The SMILES string of the molecule is O=C(Cc1ccccc1)NCC(=O)Nc1ccc(Cl)c(Cl)c1. The quantitative estimate of drug-likeness (QED) is 0.880. The minimum atomic E-state index is -0.334. The fourth-order valence-electron chi connectivity index (χ4n) is 1.80. The first-order chi connectivity index (χ1) is 10.5. The number of halogens is 2. The Bertz CT molecular complexity index is 675. The van der Waals surface area contributed by atoms with Crippen LogP contribution in [0.25, 0.3) is 0 Å². The van der Waals surface area contributed by atoms with Crippen LogP contribution in [0.2, 0.25) is 10.0 Å². The van der Waals surface area contributed by atoms with Gasteiger partial charge in [-0.05, 0) is 23.8 Å². The Morgan fingerprint density at radius 1 is 0.909 bits per heavy atom. The molecule has 4 nitrogen and oxygen atoms in total. The maximum absolute atomic E-state index is 11.8. The van der Waals surface area contributed by atoms with E-state index in [2.05, 4.69) is 10.6 Å². The second-order valence-electron chi connectivity index (χ2n) is 4.62. The molecule has 2 aromatic carbocycles. The van der Waals surface area contributed by atoms with Crippen LogP contribution in [0, 0.1) is 0 Å². The highest BCUT2D eigenvalue weighted by atomic mass is 35.5. The first-order valence-electron chi connectivity index (χ1n) is 6.60. The van der Waals surface area contributed by atoms with Crippen LogP contribution in [0.1, 0.15) is 5.56 Å². The molecule has 2 amide bonds. The van der Waals surface area contributed by atoms with E-state index < -0.39 is 0 Å². The largest absolute Gasteiger partial charge is 0.347 e. The highest BCUT2D eigenvalue weighted by Gasteiger charge is 2.07. The summed E-state index contributed by atoms with van der Waals surface area (Å²) in [6, 6.07) is 14.1. The summed E-state index contributed by atoms with van der Waals surface area (Å²) >= 11 is 11.7. The lowest BCUT2D eigenvalue weighted by molar-refractivity contribution is -0.123. The van der Waals surface area contributed by atoms with Crippen molar-refractivity contribution >= 4 is 40.7 Å². The summed E-state index contributed by atoms with van der Waals surface area (Å²) in [6.45, 7) is -0.105. The Morgan fingerprint density at radius 3 is 2.32 bits per heavy atom. The molecule has 0 fully saturated rings. The number of rotatable bonds is 5. The van der Waals surface area contributed by atoms with Gasteiger partial charge in [0.05, 0.1) is 23.0 Å². The molecule has 0 radical (unpaired) electrons. The van der Waals surface area contributed by atoms with Gasteiger partial charge >= 0.3 is 0 Å². The summed E-state index contributed by atoms with van der Waals surface area (Å²) in [5.74, 6) is -0.546. The van der Waals surface area contributed by atoms with Crippen molar-refractivity contribution < 1.29 is 9.59 Å². The van der Waals surface area contributed by atoms with Crippen LogP contribution in [0.4, 0.5) is 5.69 Å². The number of nitrogens with one attached hydrogen (secondary N) is 2. The van der Waals surface area contributed by atoms with Gasteiger partial charge in [0, 0.05) is 5.69 Å². The van der Waals surface area contributed by atoms with Crippen molar-refractivity contribution in [1.82, 2.24) is 5.32 Å². The maximum Gasteiger partial charge on any atom is 0.243 e. The molecule has 0 bridgehead atoms. The lowest BCUT2D eigenvalue weighted by Gasteiger charge is -2.08. The van der Waals surface area contributed by atoms with E-state index in [-0.39, 0.29) is 24.8 Å². The van der Waals surface area contributed by atoms with Crippen LogP contribution in [-0.2, 0) is 16.0 Å². The molecule has 0 saturated carbocycles. The number of carbonyl (C=O) groups excluding carboxylic acids is 2. The zero-order chi connectivity index (χ0) is 15.9. The van der Waals surface area contributed by atoms with E-state index in [1.165, 1.54) is 0 Å². The second-order valence-corrected chi connectivity index (χ2v) is 5.43. The first kappa shape index (κ1) is 16.3. The maximum atomic E-state index is 11.8. The van der Waals surface area contributed by atoms with Gasteiger partial charge in [0.15, 0.2) is 0 Å². The standard InChI is InChI=1S/C16H14Cl2N2O2/c17-13-7-6-12(9-14(13)18)20-16(22)10-19-15(21)8-11-4-2-1-3-5-11/h1-7,9H,8,10H2,(H,19,21)(H,20,22). The fourth-order valence-corrected chi connectivity index (χ4v) is 2.10. The second kappa shape index (κ2) is 7.82. The smallest absolute Gasteiger partial charge is 0.243 e. The van der Waals surface area contributed by atoms with Crippen molar-refractivity contribution in [1.29, 1.82) is 0 Å². The number of benzene rings is 2. The summed E-state index contributed by atoms with van der Waals surface area (Å²) in [6.07, 6.45) is 0.237. The van der Waals surface area contributed by atoms with Crippen LogP contribution in [-0.4, -0.2) is 18.4 Å². The Labute approximate surface area is 138 Å². The van der Waals surface area contributed by atoms with E-state index in [1.807, 2.05) is 30.3 Å². The van der Waals surface area contributed by atoms with Gasteiger partial charge < -0.3 is 10.6 Å². The molecule has 0 atom stereocenters. The average molecular weight is 337 g/mol. The van der Waals surface area contributed by atoms with E-state index in [4.69, 9.17) is 23.2 Å². The highest BCUT2D eigenvalue weighted by molar-refractivity contribution is 6.42. The molecule has 0 saturated heterocycles. The van der Waals surface area contributed by atoms with Gasteiger partial charge in [-0.2, -0.15) is 0 Å². The van der Waals surface area contributed by atoms with E-state index in [0.717, 1.165) is 5.56 Å². The van der Waals surface area contributed by atoms with Gasteiger partial charge in [0.1, 0.15) is 0 Å². The predicted octanol–water partition coefficient (Wildman–Crippen LogP) is 3.29.